The third-order valence-corrected chi connectivity index (χ3v) is 5.82. The molecule has 2 N–H and O–H groups in total. The number of nitriles is 1. The summed E-state index contributed by atoms with van der Waals surface area (Å²) in [6, 6.07) is 15.6. The van der Waals surface area contributed by atoms with Crippen molar-refractivity contribution in [1.29, 1.82) is 5.26 Å². The SMILES string of the molecule is N#Cc1ccc(Nc2ccc(NS(=O)(=O)c3cccs3)nc2)cc1. The Kier molecular flexibility index (Phi) is 4.46. The monoisotopic (exact) mass is 356 g/mol. The van der Waals surface area contributed by atoms with Crippen LogP contribution in [0.3, 0.4) is 0 Å². The van der Waals surface area contributed by atoms with Gasteiger partial charge in [-0.3, -0.25) is 4.72 Å². The number of nitrogens with zero attached hydrogens (tertiary/aromatic N) is 2. The first-order valence-corrected chi connectivity index (χ1v) is 9.23. The number of hydrogen-bond donors (Lipinski definition) is 2. The Balaban J connectivity index is 1.70. The van der Waals surface area contributed by atoms with E-state index in [0.29, 0.717) is 11.3 Å². The number of anilines is 3. The van der Waals surface area contributed by atoms with Crippen LogP contribution in [0.15, 0.2) is 64.3 Å². The summed E-state index contributed by atoms with van der Waals surface area (Å²) in [4.78, 5) is 4.10. The topological polar surface area (TPSA) is 94.9 Å². The average Bonchev–Trinajstić information content (AvgIpc) is 3.13. The molecular weight excluding hydrogens is 344 g/mol. The fraction of sp³-hybridized carbons (Fsp3) is 0. The van der Waals surface area contributed by atoms with Gasteiger partial charge in [0.2, 0.25) is 0 Å². The Morgan fingerprint density at radius 2 is 1.79 bits per heavy atom. The molecule has 2 heterocycles. The summed E-state index contributed by atoms with van der Waals surface area (Å²) < 4.78 is 26.9. The van der Waals surface area contributed by atoms with Gasteiger partial charge in [0.05, 0.1) is 23.5 Å². The molecule has 0 unspecified atom stereocenters. The lowest BCUT2D eigenvalue weighted by molar-refractivity contribution is 0.603. The molecule has 0 saturated carbocycles. The minimum atomic E-state index is -3.59. The summed E-state index contributed by atoms with van der Waals surface area (Å²) in [5.41, 5.74) is 2.10. The maximum Gasteiger partial charge on any atom is 0.272 e. The van der Waals surface area contributed by atoms with Crippen molar-refractivity contribution >= 4 is 38.6 Å². The molecule has 2 aromatic heterocycles. The van der Waals surface area contributed by atoms with E-state index < -0.39 is 10.0 Å². The molecule has 0 atom stereocenters. The maximum absolute atomic E-state index is 12.1. The van der Waals surface area contributed by atoms with Crippen molar-refractivity contribution in [2.24, 2.45) is 0 Å². The highest BCUT2D eigenvalue weighted by atomic mass is 32.2. The zero-order chi connectivity index (χ0) is 17.0. The van der Waals surface area contributed by atoms with E-state index in [-0.39, 0.29) is 10.0 Å². The Bertz CT molecular complexity index is 958. The fourth-order valence-electron chi connectivity index (χ4n) is 1.93. The molecule has 0 fully saturated rings. The number of nitrogens with one attached hydrogen (secondary N) is 2. The molecule has 0 radical (unpaired) electrons. The van der Waals surface area contributed by atoms with Crippen molar-refractivity contribution < 1.29 is 8.42 Å². The number of pyridine rings is 1. The van der Waals surface area contributed by atoms with Gasteiger partial charge < -0.3 is 5.32 Å². The molecule has 0 spiro atoms. The third-order valence-electron chi connectivity index (χ3n) is 3.07. The van der Waals surface area contributed by atoms with Gasteiger partial charge in [-0.05, 0) is 47.8 Å². The predicted molar refractivity (Wildman–Crippen MR) is 93.8 cm³/mol. The Morgan fingerprint density at radius 3 is 2.38 bits per heavy atom. The lowest BCUT2D eigenvalue weighted by atomic mass is 10.2. The average molecular weight is 356 g/mol. The minimum absolute atomic E-state index is 0.240. The molecule has 0 amide bonds. The van der Waals surface area contributed by atoms with Crippen molar-refractivity contribution in [2.45, 2.75) is 4.21 Å². The zero-order valence-corrected chi connectivity index (χ0v) is 13.9. The van der Waals surface area contributed by atoms with E-state index in [1.807, 2.05) is 0 Å². The van der Waals surface area contributed by atoms with Gasteiger partial charge in [0.25, 0.3) is 10.0 Å². The zero-order valence-electron chi connectivity index (χ0n) is 12.3. The van der Waals surface area contributed by atoms with Gasteiger partial charge in [0.1, 0.15) is 10.0 Å². The molecule has 24 heavy (non-hydrogen) atoms. The molecule has 0 aliphatic carbocycles. The highest BCUT2D eigenvalue weighted by molar-refractivity contribution is 7.94. The summed E-state index contributed by atoms with van der Waals surface area (Å²) in [5.74, 6) is 0.244. The molecule has 6 nitrogen and oxygen atoms in total. The maximum atomic E-state index is 12.1. The van der Waals surface area contributed by atoms with Gasteiger partial charge in [-0.15, -0.1) is 11.3 Å². The van der Waals surface area contributed by atoms with E-state index in [1.165, 1.54) is 12.3 Å². The van der Waals surface area contributed by atoms with Crippen LogP contribution >= 0.6 is 11.3 Å². The Hall–Kier alpha value is -2.89. The first kappa shape index (κ1) is 16.0. The van der Waals surface area contributed by atoms with Crippen LogP contribution in [0.4, 0.5) is 17.2 Å². The lowest BCUT2D eigenvalue weighted by Gasteiger charge is -2.08. The third kappa shape index (κ3) is 3.71. The van der Waals surface area contributed by atoms with Gasteiger partial charge >= 0.3 is 0 Å². The van der Waals surface area contributed by atoms with Gasteiger partial charge in [-0.25, -0.2) is 13.4 Å². The fourth-order valence-corrected chi connectivity index (χ4v) is 3.93. The van der Waals surface area contributed by atoms with E-state index in [1.54, 1.807) is 47.8 Å². The molecule has 8 heteroatoms. The highest BCUT2D eigenvalue weighted by Gasteiger charge is 2.15. The number of aromatic nitrogens is 1. The van der Waals surface area contributed by atoms with Crippen molar-refractivity contribution in [2.75, 3.05) is 10.0 Å². The summed E-state index contributed by atoms with van der Waals surface area (Å²) >= 11 is 1.14. The van der Waals surface area contributed by atoms with Gasteiger partial charge in [0.15, 0.2) is 0 Å². The minimum Gasteiger partial charge on any atom is -0.354 e. The molecule has 120 valence electrons. The Labute approximate surface area is 143 Å². The summed E-state index contributed by atoms with van der Waals surface area (Å²) in [6.07, 6.45) is 1.53. The molecule has 0 bridgehead atoms. The van der Waals surface area contributed by atoms with Crippen molar-refractivity contribution in [3.8, 4) is 6.07 Å². The molecule has 1 aromatic carbocycles. The molecule has 0 aliphatic rings. The second kappa shape index (κ2) is 6.70. The predicted octanol–water partition coefficient (Wildman–Crippen LogP) is 3.56. The second-order valence-electron chi connectivity index (χ2n) is 4.78. The molecule has 3 rings (SSSR count). The van der Waals surface area contributed by atoms with Crippen LogP contribution in [-0.4, -0.2) is 13.4 Å². The lowest BCUT2D eigenvalue weighted by Crippen LogP contribution is -2.12. The van der Waals surface area contributed by atoms with E-state index in [0.717, 1.165) is 17.0 Å². The number of rotatable bonds is 5. The highest BCUT2D eigenvalue weighted by Crippen LogP contribution is 2.21. The molecule has 0 aliphatic heterocycles. The number of sulfonamides is 1. The van der Waals surface area contributed by atoms with Crippen molar-refractivity contribution in [3.63, 3.8) is 0 Å². The van der Waals surface area contributed by atoms with Crippen LogP contribution in [0, 0.1) is 11.3 Å². The molecular formula is C16H12N4O2S2. The Morgan fingerprint density at radius 1 is 1.04 bits per heavy atom. The normalized spacial score (nSPS) is 10.8. The van der Waals surface area contributed by atoms with E-state index >= 15 is 0 Å². The van der Waals surface area contributed by atoms with Crippen LogP contribution < -0.4 is 10.0 Å². The number of hydrogen-bond acceptors (Lipinski definition) is 6. The second-order valence-corrected chi connectivity index (χ2v) is 7.64. The van der Waals surface area contributed by atoms with E-state index in [4.69, 9.17) is 5.26 Å². The summed E-state index contributed by atoms with van der Waals surface area (Å²) in [6.45, 7) is 0. The molecule has 0 saturated heterocycles. The quantitative estimate of drug-likeness (QED) is 0.729. The number of benzene rings is 1. The smallest absolute Gasteiger partial charge is 0.272 e. The van der Waals surface area contributed by atoms with Crippen LogP contribution in [0.25, 0.3) is 0 Å². The molecule has 3 aromatic rings. The van der Waals surface area contributed by atoms with Crippen LogP contribution in [0.5, 0.6) is 0 Å². The largest absolute Gasteiger partial charge is 0.354 e. The van der Waals surface area contributed by atoms with Crippen LogP contribution in [0.1, 0.15) is 5.56 Å². The summed E-state index contributed by atoms with van der Waals surface area (Å²) in [7, 11) is -3.59. The van der Waals surface area contributed by atoms with Crippen LogP contribution in [-0.2, 0) is 10.0 Å². The van der Waals surface area contributed by atoms with Gasteiger partial charge in [-0.1, -0.05) is 6.07 Å². The van der Waals surface area contributed by atoms with Crippen molar-refractivity contribution in [1.82, 2.24) is 4.98 Å². The van der Waals surface area contributed by atoms with E-state index in [2.05, 4.69) is 21.1 Å². The summed E-state index contributed by atoms with van der Waals surface area (Å²) in [5, 5.41) is 13.6. The van der Waals surface area contributed by atoms with Gasteiger partial charge in [-0.2, -0.15) is 5.26 Å². The van der Waals surface area contributed by atoms with Crippen LogP contribution in [0.2, 0.25) is 0 Å². The van der Waals surface area contributed by atoms with E-state index in [9.17, 15) is 8.42 Å². The van der Waals surface area contributed by atoms with Crippen molar-refractivity contribution in [3.05, 3.63) is 65.7 Å². The number of thiophene rings is 1. The standard InChI is InChI=1S/C16H12N4O2S2/c17-10-12-3-5-13(6-4-12)19-14-7-8-15(18-11-14)20-24(21,22)16-2-1-9-23-16/h1-9,11,19H,(H,18,20). The van der Waals surface area contributed by atoms with Gasteiger partial charge in [0, 0.05) is 5.69 Å². The first-order chi connectivity index (χ1) is 11.6. The first-order valence-electron chi connectivity index (χ1n) is 6.86.